The number of carbonyl (C=O) groups excluding carboxylic acids is 2. The van der Waals surface area contributed by atoms with E-state index >= 15 is 0 Å². The van der Waals surface area contributed by atoms with Crippen LogP contribution in [-0.2, 0) is 0 Å². The van der Waals surface area contributed by atoms with E-state index in [0.29, 0.717) is 16.0 Å². The van der Waals surface area contributed by atoms with Gasteiger partial charge in [-0.1, -0.05) is 30.0 Å². The van der Waals surface area contributed by atoms with E-state index in [1.54, 1.807) is 29.7 Å². The molecule has 6 heteroatoms. The highest BCUT2D eigenvalue weighted by molar-refractivity contribution is 7.20. The molecule has 0 radical (unpaired) electrons. The molecule has 0 aliphatic rings. The molecule has 0 saturated carbocycles. The van der Waals surface area contributed by atoms with Crippen molar-refractivity contribution >= 4 is 33.2 Å². The highest BCUT2D eigenvalue weighted by Crippen LogP contribution is 2.24. The van der Waals surface area contributed by atoms with Gasteiger partial charge < -0.3 is 5.32 Å². The maximum absolute atomic E-state index is 12.1. The van der Waals surface area contributed by atoms with Crippen LogP contribution in [0.1, 0.15) is 25.6 Å². The molecule has 3 N–H and O–H groups in total. The Morgan fingerprint density at radius 2 is 1.80 bits per heavy atom. The van der Waals surface area contributed by atoms with E-state index in [-0.39, 0.29) is 12.5 Å². The van der Waals surface area contributed by atoms with Crippen LogP contribution in [0, 0.1) is 11.8 Å². The van der Waals surface area contributed by atoms with Crippen molar-refractivity contribution in [1.29, 1.82) is 0 Å². The topological polar surface area (TPSA) is 78.4 Å². The van der Waals surface area contributed by atoms with Gasteiger partial charge in [-0.05, 0) is 41.8 Å². The first kappa shape index (κ1) is 16.7. The summed E-state index contributed by atoms with van der Waals surface area (Å²) in [6.07, 6.45) is 0. The fourth-order valence-corrected chi connectivity index (χ4v) is 3.20. The molecular formula is C19H14N2O3S. The minimum atomic E-state index is -0.574. The molecule has 0 aliphatic heterocycles. The Morgan fingerprint density at radius 3 is 2.52 bits per heavy atom. The molecule has 2 amide bonds. The SMILES string of the molecule is O=C(NO)c1ccc(C#CCNC(=O)c2cc3ccccc3s2)cc1. The fourth-order valence-electron chi connectivity index (χ4n) is 2.22. The van der Waals surface area contributed by atoms with Gasteiger partial charge in [-0.25, -0.2) is 5.48 Å². The zero-order valence-electron chi connectivity index (χ0n) is 13.1. The predicted octanol–water partition coefficient (Wildman–Crippen LogP) is 2.80. The van der Waals surface area contributed by atoms with Gasteiger partial charge in [0.2, 0.25) is 0 Å². The van der Waals surface area contributed by atoms with Crippen molar-refractivity contribution in [1.82, 2.24) is 10.8 Å². The van der Waals surface area contributed by atoms with Gasteiger partial charge in [-0.15, -0.1) is 11.3 Å². The maximum atomic E-state index is 12.1. The minimum absolute atomic E-state index is 0.148. The van der Waals surface area contributed by atoms with Gasteiger partial charge in [0.25, 0.3) is 11.8 Å². The molecule has 124 valence electrons. The highest BCUT2D eigenvalue weighted by Gasteiger charge is 2.08. The van der Waals surface area contributed by atoms with Crippen LogP contribution in [0.25, 0.3) is 10.1 Å². The van der Waals surface area contributed by atoms with Crippen molar-refractivity contribution in [3.63, 3.8) is 0 Å². The predicted molar refractivity (Wildman–Crippen MR) is 96.7 cm³/mol. The van der Waals surface area contributed by atoms with Crippen LogP contribution in [0.15, 0.2) is 54.6 Å². The van der Waals surface area contributed by atoms with E-state index in [4.69, 9.17) is 5.21 Å². The number of amides is 2. The Kier molecular flexibility index (Phi) is 5.09. The number of hydrogen-bond donors (Lipinski definition) is 3. The summed E-state index contributed by atoms with van der Waals surface area (Å²) in [5.74, 6) is 5.06. The summed E-state index contributed by atoms with van der Waals surface area (Å²) in [7, 11) is 0. The molecule has 25 heavy (non-hydrogen) atoms. The van der Waals surface area contributed by atoms with E-state index in [1.165, 1.54) is 11.3 Å². The quantitative estimate of drug-likeness (QED) is 0.386. The fraction of sp³-hybridized carbons (Fsp3) is 0.0526. The molecular weight excluding hydrogens is 336 g/mol. The standard InChI is InChI=1S/C19H14N2O3S/c22-18(21-24)14-9-7-13(8-10-14)4-3-11-20-19(23)17-12-15-5-1-2-6-16(15)25-17/h1-2,5-10,12,24H,11H2,(H,20,23)(H,21,22). The van der Waals surface area contributed by atoms with Gasteiger partial charge in [-0.2, -0.15) is 0 Å². The van der Waals surface area contributed by atoms with Crippen LogP contribution in [0.3, 0.4) is 0 Å². The first-order chi connectivity index (χ1) is 12.2. The molecule has 3 aromatic rings. The van der Waals surface area contributed by atoms with Crippen molar-refractivity contribution in [3.05, 3.63) is 70.6 Å². The summed E-state index contributed by atoms with van der Waals surface area (Å²) in [6.45, 7) is 0.228. The number of fused-ring (bicyclic) bond motifs is 1. The first-order valence-electron chi connectivity index (χ1n) is 7.47. The highest BCUT2D eigenvalue weighted by atomic mass is 32.1. The Bertz CT molecular complexity index is 948. The summed E-state index contributed by atoms with van der Waals surface area (Å²) < 4.78 is 1.07. The lowest BCUT2D eigenvalue weighted by Gasteiger charge is -1.98. The number of nitrogens with one attached hydrogen (secondary N) is 2. The van der Waals surface area contributed by atoms with E-state index < -0.39 is 5.91 Å². The van der Waals surface area contributed by atoms with Gasteiger partial charge >= 0.3 is 0 Å². The first-order valence-corrected chi connectivity index (χ1v) is 8.29. The third-order valence-electron chi connectivity index (χ3n) is 3.47. The Hall–Kier alpha value is -3.14. The lowest BCUT2D eigenvalue weighted by atomic mass is 10.1. The summed E-state index contributed by atoms with van der Waals surface area (Å²) in [5.41, 5.74) is 2.62. The van der Waals surface area contributed by atoms with Gasteiger partial charge in [-0.3, -0.25) is 14.8 Å². The smallest absolute Gasteiger partial charge is 0.274 e. The second-order valence-electron chi connectivity index (χ2n) is 5.15. The van der Waals surface area contributed by atoms with Crippen molar-refractivity contribution in [2.45, 2.75) is 0 Å². The second-order valence-corrected chi connectivity index (χ2v) is 6.23. The summed E-state index contributed by atoms with van der Waals surface area (Å²) >= 11 is 1.45. The van der Waals surface area contributed by atoms with E-state index in [9.17, 15) is 9.59 Å². The molecule has 0 bridgehead atoms. The Morgan fingerprint density at radius 1 is 1.04 bits per heavy atom. The number of benzene rings is 2. The van der Waals surface area contributed by atoms with Crippen LogP contribution in [-0.4, -0.2) is 23.6 Å². The third kappa shape index (κ3) is 4.04. The number of thiophene rings is 1. The molecule has 1 aromatic heterocycles. The summed E-state index contributed by atoms with van der Waals surface area (Å²) in [6, 6.07) is 16.2. The number of rotatable bonds is 3. The van der Waals surface area contributed by atoms with Crippen LogP contribution in [0.2, 0.25) is 0 Å². The molecule has 3 rings (SSSR count). The molecule has 0 fully saturated rings. The lowest BCUT2D eigenvalue weighted by Crippen LogP contribution is -2.22. The van der Waals surface area contributed by atoms with E-state index in [2.05, 4.69) is 17.2 Å². The van der Waals surface area contributed by atoms with Gasteiger partial charge in [0.05, 0.1) is 11.4 Å². The van der Waals surface area contributed by atoms with Crippen molar-refractivity contribution in [2.75, 3.05) is 6.54 Å². The summed E-state index contributed by atoms with van der Waals surface area (Å²) in [4.78, 5) is 24.0. The van der Waals surface area contributed by atoms with Crippen LogP contribution >= 0.6 is 11.3 Å². The minimum Gasteiger partial charge on any atom is -0.340 e. The van der Waals surface area contributed by atoms with Crippen molar-refractivity contribution < 1.29 is 14.8 Å². The number of hydroxylamine groups is 1. The van der Waals surface area contributed by atoms with Gasteiger partial charge in [0, 0.05) is 15.8 Å². The third-order valence-corrected chi connectivity index (χ3v) is 4.58. The number of carbonyl (C=O) groups is 2. The average Bonchev–Trinajstić information content (AvgIpc) is 3.09. The molecule has 1 heterocycles. The molecule has 0 atom stereocenters. The maximum Gasteiger partial charge on any atom is 0.274 e. The molecule has 0 unspecified atom stereocenters. The average molecular weight is 350 g/mol. The monoisotopic (exact) mass is 350 g/mol. The van der Waals surface area contributed by atoms with Gasteiger partial charge in [0.15, 0.2) is 0 Å². The molecule has 0 saturated heterocycles. The molecule has 5 nitrogen and oxygen atoms in total. The van der Waals surface area contributed by atoms with E-state index in [0.717, 1.165) is 10.1 Å². The molecule has 2 aromatic carbocycles. The molecule has 0 aliphatic carbocycles. The zero-order valence-corrected chi connectivity index (χ0v) is 13.9. The van der Waals surface area contributed by atoms with Crippen molar-refractivity contribution in [3.8, 4) is 11.8 Å². The Labute approximate surface area is 148 Å². The zero-order chi connectivity index (χ0) is 17.6. The van der Waals surface area contributed by atoms with Crippen molar-refractivity contribution in [2.24, 2.45) is 0 Å². The largest absolute Gasteiger partial charge is 0.340 e. The normalized spacial score (nSPS) is 9.96. The van der Waals surface area contributed by atoms with Crippen LogP contribution in [0.5, 0.6) is 0 Å². The van der Waals surface area contributed by atoms with Gasteiger partial charge in [0.1, 0.15) is 0 Å². The summed E-state index contributed by atoms with van der Waals surface area (Å²) in [5, 5.41) is 12.4. The Balaban J connectivity index is 1.58. The van der Waals surface area contributed by atoms with Crippen LogP contribution in [0.4, 0.5) is 0 Å². The molecule has 0 spiro atoms. The lowest BCUT2D eigenvalue weighted by molar-refractivity contribution is 0.0706. The number of hydrogen-bond acceptors (Lipinski definition) is 4. The van der Waals surface area contributed by atoms with Crippen LogP contribution < -0.4 is 10.8 Å². The van der Waals surface area contributed by atoms with E-state index in [1.807, 2.05) is 30.3 Å². The second kappa shape index (κ2) is 7.62.